The summed E-state index contributed by atoms with van der Waals surface area (Å²) in [6.45, 7) is 0. The highest BCUT2D eigenvalue weighted by Crippen LogP contribution is 2.31. The number of aromatic nitrogens is 2. The van der Waals surface area contributed by atoms with Crippen LogP contribution in [0.4, 0.5) is 5.82 Å². The number of hydrogen-bond donors (Lipinski definition) is 1. The Kier molecular flexibility index (Phi) is 3.25. The van der Waals surface area contributed by atoms with Crippen LogP contribution < -0.4 is 15.2 Å². The molecule has 90 valence electrons. The average molecular weight is 242 g/mol. The zero-order chi connectivity index (χ0) is 13.0. The average Bonchev–Trinajstić information content (AvgIpc) is 2.41. The topological polar surface area (TPSA) is 94.0 Å². The van der Waals surface area contributed by atoms with E-state index < -0.39 is 0 Å². The van der Waals surface area contributed by atoms with Crippen LogP contribution in [-0.2, 0) is 0 Å². The van der Waals surface area contributed by atoms with E-state index in [1.54, 1.807) is 30.3 Å². The molecule has 0 aliphatic rings. The molecule has 0 bridgehead atoms. The van der Waals surface area contributed by atoms with E-state index in [4.69, 9.17) is 20.5 Å². The molecule has 0 saturated carbocycles. The molecular weight excluding hydrogens is 232 g/mol. The summed E-state index contributed by atoms with van der Waals surface area (Å²) in [7, 11) is 1.50. The minimum Gasteiger partial charge on any atom is -0.493 e. The third kappa shape index (κ3) is 2.47. The lowest BCUT2D eigenvalue weighted by atomic mass is 10.2. The van der Waals surface area contributed by atoms with Crippen LogP contribution in [0, 0.1) is 11.3 Å². The lowest BCUT2D eigenvalue weighted by Gasteiger charge is -2.09. The standard InChI is InChI=1S/C12H10N4O2/c1-17-10-6-8(7-13)2-3-9(10)18-12-5-4-11(14)15-16-12/h2-6H,1H3,(H2,14,15). The Morgan fingerprint density at radius 2 is 2.00 bits per heavy atom. The number of ether oxygens (including phenoxy) is 2. The molecule has 1 heterocycles. The maximum Gasteiger partial charge on any atom is 0.239 e. The molecule has 2 aromatic rings. The summed E-state index contributed by atoms with van der Waals surface area (Å²) in [6, 6.07) is 10.0. The van der Waals surface area contributed by atoms with Crippen LogP contribution in [0.5, 0.6) is 17.4 Å². The molecule has 0 atom stereocenters. The fourth-order valence-corrected chi connectivity index (χ4v) is 1.32. The summed E-state index contributed by atoms with van der Waals surface area (Å²) < 4.78 is 10.6. The van der Waals surface area contributed by atoms with Crippen LogP contribution in [0.25, 0.3) is 0 Å². The van der Waals surface area contributed by atoms with E-state index in [1.165, 1.54) is 7.11 Å². The lowest BCUT2D eigenvalue weighted by molar-refractivity contribution is 0.372. The van der Waals surface area contributed by atoms with Crippen LogP contribution in [0.15, 0.2) is 30.3 Å². The zero-order valence-electron chi connectivity index (χ0n) is 9.62. The van der Waals surface area contributed by atoms with Gasteiger partial charge in [-0.1, -0.05) is 0 Å². The molecule has 1 aromatic carbocycles. The maximum absolute atomic E-state index is 8.79. The van der Waals surface area contributed by atoms with Crippen molar-refractivity contribution in [3.8, 4) is 23.4 Å². The van der Waals surface area contributed by atoms with Gasteiger partial charge >= 0.3 is 0 Å². The van der Waals surface area contributed by atoms with Crippen molar-refractivity contribution in [3.63, 3.8) is 0 Å². The fourth-order valence-electron chi connectivity index (χ4n) is 1.32. The number of benzene rings is 1. The van der Waals surface area contributed by atoms with Crippen LogP contribution in [0.3, 0.4) is 0 Å². The minimum atomic E-state index is 0.298. The van der Waals surface area contributed by atoms with Crippen molar-refractivity contribution in [3.05, 3.63) is 35.9 Å². The number of nitrogen functional groups attached to an aromatic ring is 1. The number of nitrogens with zero attached hydrogens (tertiary/aromatic N) is 3. The van der Waals surface area contributed by atoms with Gasteiger partial charge < -0.3 is 15.2 Å². The van der Waals surface area contributed by atoms with Crippen molar-refractivity contribution < 1.29 is 9.47 Å². The van der Waals surface area contributed by atoms with Crippen molar-refractivity contribution in [1.29, 1.82) is 5.26 Å². The second kappa shape index (κ2) is 5.01. The van der Waals surface area contributed by atoms with Gasteiger partial charge in [0.05, 0.1) is 18.7 Å². The summed E-state index contributed by atoms with van der Waals surface area (Å²) in [5.74, 6) is 1.52. The van der Waals surface area contributed by atoms with Crippen molar-refractivity contribution in [1.82, 2.24) is 10.2 Å². The van der Waals surface area contributed by atoms with E-state index in [-0.39, 0.29) is 0 Å². The summed E-state index contributed by atoms with van der Waals surface area (Å²) in [6.07, 6.45) is 0. The molecular formula is C12H10N4O2. The molecule has 1 aromatic heterocycles. The van der Waals surface area contributed by atoms with Gasteiger partial charge in [-0.15, -0.1) is 10.2 Å². The lowest BCUT2D eigenvalue weighted by Crippen LogP contribution is -1.96. The van der Waals surface area contributed by atoms with Crippen LogP contribution >= 0.6 is 0 Å². The molecule has 0 amide bonds. The Hall–Kier alpha value is -2.81. The van der Waals surface area contributed by atoms with Crippen molar-refractivity contribution >= 4 is 5.82 Å². The highest BCUT2D eigenvalue weighted by Gasteiger charge is 2.07. The van der Waals surface area contributed by atoms with Crippen molar-refractivity contribution in [2.45, 2.75) is 0 Å². The number of hydrogen-bond acceptors (Lipinski definition) is 6. The summed E-state index contributed by atoms with van der Waals surface area (Å²) in [4.78, 5) is 0. The molecule has 0 aliphatic carbocycles. The van der Waals surface area contributed by atoms with Gasteiger partial charge in [0, 0.05) is 12.1 Å². The van der Waals surface area contributed by atoms with Gasteiger partial charge in [0.15, 0.2) is 11.5 Å². The van der Waals surface area contributed by atoms with Gasteiger partial charge in [0.1, 0.15) is 5.82 Å². The first-order valence-electron chi connectivity index (χ1n) is 5.08. The Labute approximate surface area is 104 Å². The molecule has 2 rings (SSSR count). The Bertz CT molecular complexity index is 590. The monoisotopic (exact) mass is 242 g/mol. The normalized spacial score (nSPS) is 9.56. The van der Waals surface area contributed by atoms with Gasteiger partial charge in [-0.2, -0.15) is 5.26 Å². The molecule has 2 N–H and O–H groups in total. The number of rotatable bonds is 3. The second-order valence-electron chi connectivity index (χ2n) is 3.38. The summed E-state index contributed by atoms with van der Waals surface area (Å²) in [5.41, 5.74) is 5.91. The Morgan fingerprint density at radius 1 is 1.17 bits per heavy atom. The summed E-state index contributed by atoms with van der Waals surface area (Å²) >= 11 is 0. The maximum atomic E-state index is 8.79. The first-order chi connectivity index (χ1) is 8.72. The highest BCUT2D eigenvalue weighted by atomic mass is 16.5. The van der Waals surface area contributed by atoms with Gasteiger partial charge in [-0.25, -0.2) is 0 Å². The van der Waals surface area contributed by atoms with Crippen molar-refractivity contribution in [2.24, 2.45) is 0 Å². The number of methoxy groups -OCH3 is 1. The predicted molar refractivity (Wildman–Crippen MR) is 64.2 cm³/mol. The summed E-state index contributed by atoms with van der Waals surface area (Å²) in [5, 5.41) is 16.2. The Morgan fingerprint density at radius 3 is 2.61 bits per heavy atom. The van der Waals surface area contributed by atoms with Crippen LogP contribution in [0.1, 0.15) is 5.56 Å². The van der Waals surface area contributed by atoms with Gasteiger partial charge in [0.25, 0.3) is 0 Å². The first kappa shape index (κ1) is 11.7. The third-order valence-corrected chi connectivity index (χ3v) is 2.17. The van der Waals surface area contributed by atoms with E-state index in [1.807, 2.05) is 6.07 Å². The molecule has 18 heavy (non-hydrogen) atoms. The van der Waals surface area contributed by atoms with E-state index in [2.05, 4.69) is 10.2 Å². The largest absolute Gasteiger partial charge is 0.493 e. The molecule has 0 spiro atoms. The predicted octanol–water partition coefficient (Wildman–Crippen LogP) is 1.73. The highest BCUT2D eigenvalue weighted by molar-refractivity contribution is 5.48. The molecule has 6 heteroatoms. The quantitative estimate of drug-likeness (QED) is 0.880. The first-order valence-corrected chi connectivity index (χ1v) is 5.08. The number of nitrogens with two attached hydrogens (primary N) is 1. The molecule has 0 fully saturated rings. The molecule has 6 nitrogen and oxygen atoms in total. The molecule has 0 saturated heterocycles. The fraction of sp³-hybridized carbons (Fsp3) is 0.0833. The molecule has 0 unspecified atom stereocenters. The van der Waals surface area contributed by atoms with Crippen LogP contribution in [0.2, 0.25) is 0 Å². The SMILES string of the molecule is COc1cc(C#N)ccc1Oc1ccc(N)nn1. The van der Waals surface area contributed by atoms with E-state index in [0.29, 0.717) is 28.8 Å². The van der Waals surface area contributed by atoms with Crippen LogP contribution in [-0.4, -0.2) is 17.3 Å². The molecule has 0 radical (unpaired) electrons. The smallest absolute Gasteiger partial charge is 0.239 e. The van der Waals surface area contributed by atoms with Gasteiger partial charge in [-0.3, -0.25) is 0 Å². The van der Waals surface area contributed by atoms with E-state index in [9.17, 15) is 0 Å². The Balaban J connectivity index is 2.29. The third-order valence-electron chi connectivity index (χ3n) is 2.17. The molecule has 0 aliphatic heterocycles. The van der Waals surface area contributed by atoms with Gasteiger partial charge in [-0.05, 0) is 18.2 Å². The van der Waals surface area contributed by atoms with Gasteiger partial charge in [0.2, 0.25) is 5.88 Å². The minimum absolute atomic E-state index is 0.298. The number of nitriles is 1. The van der Waals surface area contributed by atoms with Crippen molar-refractivity contribution in [2.75, 3.05) is 12.8 Å². The van der Waals surface area contributed by atoms with E-state index >= 15 is 0 Å². The second-order valence-corrected chi connectivity index (χ2v) is 3.38. The zero-order valence-corrected chi connectivity index (χ0v) is 9.62. The van der Waals surface area contributed by atoms with E-state index in [0.717, 1.165) is 0 Å². The number of anilines is 1.